The van der Waals surface area contributed by atoms with Gasteiger partial charge in [-0.05, 0) is 23.6 Å². The lowest BCUT2D eigenvalue weighted by atomic mass is 10.2. The molecule has 1 aliphatic rings. The quantitative estimate of drug-likeness (QED) is 0.717. The summed E-state index contributed by atoms with van der Waals surface area (Å²) in [5.74, 6) is 0.709. The number of aromatic nitrogens is 2. The number of aliphatic hydroxyl groups excluding tert-OH is 1. The van der Waals surface area contributed by atoms with E-state index in [1.54, 1.807) is 17.4 Å². The summed E-state index contributed by atoms with van der Waals surface area (Å²) in [4.78, 5) is 25.3. The fourth-order valence-electron chi connectivity index (χ4n) is 3.37. The van der Waals surface area contributed by atoms with Gasteiger partial charge in [0.1, 0.15) is 11.9 Å². The van der Waals surface area contributed by atoms with E-state index in [1.165, 1.54) is 0 Å². The van der Waals surface area contributed by atoms with Gasteiger partial charge in [-0.3, -0.25) is 14.6 Å². The second-order valence-corrected chi connectivity index (χ2v) is 7.62. The number of benzene rings is 1. The second kappa shape index (κ2) is 7.67. The summed E-state index contributed by atoms with van der Waals surface area (Å²) in [6.07, 6.45) is -0.417. The van der Waals surface area contributed by atoms with E-state index in [0.29, 0.717) is 24.3 Å². The summed E-state index contributed by atoms with van der Waals surface area (Å²) in [5, 5.41) is 12.9. The first kappa shape index (κ1) is 17.4. The Hall–Kier alpha value is -2.06. The molecule has 2 N–H and O–H groups in total. The molecule has 0 spiro atoms. The highest BCUT2D eigenvalue weighted by molar-refractivity contribution is 7.10. The molecule has 136 valence electrons. The molecule has 1 aliphatic heterocycles. The number of hydrogen-bond donors (Lipinski definition) is 2. The molecule has 1 fully saturated rings. The third kappa shape index (κ3) is 3.86. The monoisotopic (exact) mass is 370 g/mol. The molecule has 6 nitrogen and oxygen atoms in total. The van der Waals surface area contributed by atoms with Crippen LogP contribution in [0.15, 0.2) is 46.6 Å². The van der Waals surface area contributed by atoms with Crippen molar-refractivity contribution in [1.82, 2.24) is 19.8 Å². The summed E-state index contributed by atoms with van der Waals surface area (Å²) in [6.45, 7) is 4.91. The van der Waals surface area contributed by atoms with Crippen LogP contribution in [0.25, 0.3) is 10.9 Å². The van der Waals surface area contributed by atoms with Gasteiger partial charge in [-0.2, -0.15) is 0 Å². The normalized spacial score (nSPS) is 17.6. The SMILES string of the molecule is O=c1[nH]c(CN2CCN(C[C@H](O)c3cccs3)CC2)nc2ccccc12. The first-order chi connectivity index (χ1) is 12.7. The number of hydrogen-bond acceptors (Lipinski definition) is 6. The van der Waals surface area contributed by atoms with Gasteiger partial charge < -0.3 is 10.1 Å². The summed E-state index contributed by atoms with van der Waals surface area (Å²) >= 11 is 1.60. The topological polar surface area (TPSA) is 72.5 Å². The van der Waals surface area contributed by atoms with Gasteiger partial charge in [0.05, 0.1) is 17.4 Å². The van der Waals surface area contributed by atoms with Crippen LogP contribution >= 0.6 is 11.3 Å². The van der Waals surface area contributed by atoms with Crippen LogP contribution in [0.4, 0.5) is 0 Å². The van der Waals surface area contributed by atoms with E-state index in [-0.39, 0.29) is 5.56 Å². The van der Waals surface area contributed by atoms with Crippen LogP contribution in [0.2, 0.25) is 0 Å². The third-order valence-corrected chi connectivity index (χ3v) is 5.78. The number of nitrogens with zero attached hydrogens (tertiary/aromatic N) is 3. The minimum atomic E-state index is -0.417. The number of para-hydroxylation sites is 1. The first-order valence-electron chi connectivity index (χ1n) is 8.83. The molecule has 0 unspecified atom stereocenters. The Morgan fingerprint density at radius 1 is 1.12 bits per heavy atom. The Morgan fingerprint density at radius 3 is 2.65 bits per heavy atom. The molecule has 4 rings (SSSR count). The van der Waals surface area contributed by atoms with Gasteiger partial charge in [-0.25, -0.2) is 4.98 Å². The van der Waals surface area contributed by atoms with Gasteiger partial charge in [-0.1, -0.05) is 18.2 Å². The Kier molecular flexibility index (Phi) is 5.12. The van der Waals surface area contributed by atoms with Crippen molar-refractivity contribution in [2.24, 2.45) is 0 Å². The summed E-state index contributed by atoms with van der Waals surface area (Å²) in [6, 6.07) is 11.4. The van der Waals surface area contributed by atoms with Crippen LogP contribution in [0, 0.1) is 0 Å². The van der Waals surface area contributed by atoms with Crippen LogP contribution in [-0.2, 0) is 6.54 Å². The number of fused-ring (bicyclic) bond motifs is 1. The molecule has 1 saturated heterocycles. The van der Waals surface area contributed by atoms with Gasteiger partial charge in [0.25, 0.3) is 5.56 Å². The van der Waals surface area contributed by atoms with E-state index in [4.69, 9.17) is 0 Å². The van der Waals surface area contributed by atoms with Crippen molar-refractivity contribution in [3.63, 3.8) is 0 Å². The molecule has 2 aromatic heterocycles. The van der Waals surface area contributed by atoms with Gasteiger partial charge in [0, 0.05) is 37.6 Å². The minimum Gasteiger partial charge on any atom is -0.386 e. The molecular weight excluding hydrogens is 348 g/mol. The van der Waals surface area contributed by atoms with Gasteiger partial charge in [-0.15, -0.1) is 11.3 Å². The van der Waals surface area contributed by atoms with Crippen molar-refractivity contribution in [2.75, 3.05) is 32.7 Å². The van der Waals surface area contributed by atoms with Crippen molar-refractivity contribution >= 4 is 22.2 Å². The number of H-pyrrole nitrogens is 1. The maximum absolute atomic E-state index is 12.2. The molecule has 0 bridgehead atoms. The fourth-order valence-corrected chi connectivity index (χ4v) is 4.07. The Bertz CT molecular complexity index is 917. The van der Waals surface area contributed by atoms with Crippen LogP contribution in [0.3, 0.4) is 0 Å². The average molecular weight is 370 g/mol. The zero-order chi connectivity index (χ0) is 17.9. The van der Waals surface area contributed by atoms with E-state index in [9.17, 15) is 9.90 Å². The molecular formula is C19H22N4O2S. The Balaban J connectivity index is 1.35. The van der Waals surface area contributed by atoms with Crippen molar-refractivity contribution in [1.29, 1.82) is 0 Å². The molecule has 0 amide bonds. The Labute approximate surface area is 155 Å². The fraction of sp³-hybridized carbons (Fsp3) is 0.368. The van der Waals surface area contributed by atoms with Crippen molar-refractivity contribution < 1.29 is 5.11 Å². The van der Waals surface area contributed by atoms with Gasteiger partial charge in [0.15, 0.2) is 0 Å². The number of piperazine rings is 1. The molecule has 3 aromatic rings. The van der Waals surface area contributed by atoms with E-state index < -0.39 is 6.10 Å². The van der Waals surface area contributed by atoms with E-state index in [2.05, 4.69) is 19.8 Å². The largest absolute Gasteiger partial charge is 0.386 e. The number of nitrogens with one attached hydrogen (secondary N) is 1. The molecule has 0 aliphatic carbocycles. The van der Waals surface area contributed by atoms with Gasteiger partial charge in [0.2, 0.25) is 0 Å². The highest BCUT2D eigenvalue weighted by atomic mass is 32.1. The summed E-state index contributed by atoms with van der Waals surface area (Å²) < 4.78 is 0. The first-order valence-corrected chi connectivity index (χ1v) is 9.71. The van der Waals surface area contributed by atoms with E-state index in [1.807, 2.05) is 35.7 Å². The lowest BCUT2D eigenvalue weighted by Gasteiger charge is -2.35. The van der Waals surface area contributed by atoms with Crippen LogP contribution < -0.4 is 5.56 Å². The van der Waals surface area contributed by atoms with Gasteiger partial charge >= 0.3 is 0 Å². The smallest absolute Gasteiger partial charge is 0.258 e. The molecule has 1 atom stereocenters. The standard InChI is InChI=1S/C19H22N4O2S/c24-16(17-6-3-11-26-17)12-22-7-9-23(10-8-22)13-18-20-15-5-2-1-4-14(15)19(25)21-18/h1-6,11,16,24H,7-10,12-13H2,(H,20,21,25)/t16-/m0/s1. The maximum Gasteiger partial charge on any atom is 0.258 e. The molecule has 7 heteroatoms. The number of rotatable bonds is 5. The molecule has 26 heavy (non-hydrogen) atoms. The highest BCUT2D eigenvalue weighted by Crippen LogP contribution is 2.20. The number of aliphatic hydroxyl groups is 1. The molecule has 0 radical (unpaired) electrons. The van der Waals surface area contributed by atoms with Crippen LogP contribution in [0.5, 0.6) is 0 Å². The number of aromatic amines is 1. The van der Waals surface area contributed by atoms with E-state index >= 15 is 0 Å². The minimum absolute atomic E-state index is 0.0803. The second-order valence-electron chi connectivity index (χ2n) is 6.64. The highest BCUT2D eigenvalue weighted by Gasteiger charge is 2.21. The van der Waals surface area contributed by atoms with Crippen LogP contribution in [-0.4, -0.2) is 57.6 Å². The maximum atomic E-state index is 12.2. The summed E-state index contributed by atoms with van der Waals surface area (Å²) in [5.41, 5.74) is 0.660. The predicted octanol–water partition coefficient (Wildman–Crippen LogP) is 1.84. The average Bonchev–Trinajstić information content (AvgIpc) is 3.18. The predicted molar refractivity (Wildman–Crippen MR) is 103 cm³/mol. The van der Waals surface area contributed by atoms with E-state index in [0.717, 1.165) is 36.6 Å². The lowest BCUT2D eigenvalue weighted by Crippen LogP contribution is -2.47. The third-order valence-electron chi connectivity index (χ3n) is 4.80. The number of β-amino-alcohol motifs (C(OH)–C–C–N with tert-alkyl or cyclic N) is 1. The van der Waals surface area contributed by atoms with Crippen molar-refractivity contribution in [2.45, 2.75) is 12.6 Å². The molecule has 1 aromatic carbocycles. The zero-order valence-corrected chi connectivity index (χ0v) is 15.3. The molecule has 3 heterocycles. The lowest BCUT2D eigenvalue weighted by molar-refractivity contribution is 0.0707. The summed E-state index contributed by atoms with van der Waals surface area (Å²) in [7, 11) is 0. The Morgan fingerprint density at radius 2 is 1.88 bits per heavy atom. The van der Waals surface area contributed by atoms with Crippen molar-refractivity contribution in [3.8, 4) is 0 Å². The zero-order valence-electron chi connectivity index (χ0n) is 14.5. The van der Waals surface area contributed by atoms with Crippen molar-refractivity contribution in [3.05, 3.63) is 62.8 Å². The molecule has 0 saturated carbocycles. The number of thiophene rings is 1. The van der Waals surface area contributed by atoms with Crippen LogP contribution in [0.1, 0.15) is 16.8 Å².